The minimum Gasteiger partial charge on any atom is -0.315 e. The fourth-order valence-electron chi connectivity index (χ4n) is 1.70. The molecule has 5 heteroatoms. The third-order valence-corrected chi connectivity index (χ3v) is 2.64. The highest BCUT2D eigenvalue weighted by Crippen LogP contribution is 2.20. The highest BCUT2D eigenvalue weighted by Gasteiger charge is 2.28. The van der Waals surface area contributed by atoms with E-state index < -0.39 is 12.6 Å². The predicted molar refractivity (Wildman–Crippen MR) is 49.2 cm³/mol. The van der Waals surface area contributed by atoms with Gasteiger partial charge in [0, 0.05) is 19.1 Å². The summed E-state index contributed by atoms with van der Waals surface area (Å²) in [5.41, 5.74) is 0. The van der Waals surface area contributed by atoms with Gasteiger partial charge >= 0.3 is 6.18 Å². The zero-order valence-electron chi connectivity index (χ0n) is 8.40. The van der Waals surface area contributed by atoms with Gasteiger partial charge in [-0.1, -0.05) is 0 Å². The fraction of sp³-hybridized carbons (Fsp3) is 1.00. The maximum absolute atomic E-state index is 11.9. The Morgan fingerprint density at radius 2 is 2.14 bits per heavy atom. The first-order valence-corrected chi connectivity index (χ1v) is 4.97. The summed E-state index contributed by atoms with van der Waals surface area (Å²) in [7, 11) is 1.77. The highest BCUT2D eigenvalue weighted by molar-refractivity contribution is 4.76. The fourth-order valence-corrected chi connectivity index (χ4v) is 1.70. The van der Waals surface area contributed by atoms with Crippen molar-refractivity contribution < 1.29 is 13.2 Å². The number of rotatable bonds is 3. The summed E-state index contributed by atoms with van der Waals surface area (Å²) in [6.07, 6.45) is -2.68. The number of hydrogen-bond donors (Lipinski definition) is 1. The second kappa shape index (κ2) is 4.98. The molecule has 1 N–H and O–H groups in total. The highest BCUT2D eigenvalue weighted by atomic mass is 19.4. The molecule has 14 heavy (non-hydrogen) atoms. The van der Waals surface area contributed by atoms with Crippen molar-refractivity contribution in [2.75, 3.05) is 26.7 Å². The number of likely N-dealkylation sites (N-methyl/N-ethyl adjacent to an activating group) is 1. The van der Waals surface area contributed by atoms with Crippen molar-refractivity contribution in [3.63, 3.8) is 0 Å². The molecule has 1 unspecified atom stereocenters. The molecular weight excluding hydrogens is 193 g/mol. The Balaban J connectivity index is 2.23. The van der Waals surface area contributed by atoms with Crippen LogP contribution in [0.3, 0.4) is 0 Å². The van der Waals surface area contributed by atoms with E-state index in [1.807, 2.05) is 0 Å². The predicted octanol–water partition coefficient (Wildman–Crippen LogP) is 1.62. The van der Waals surface area contributed by atoms with Gasteiger partial charge in [0.2, 0.25) is 0 Å². The summed E-state index contributed by atoms with van der Waals surface area (Å²) in [5, 5.41) is 3.19. The lowest BCUT2D eigenvalue weighted by Gasteiger charge is -2.31. The molecule has 0 saturated carbocycles. The quantitative estimate of drug-likeness (QED) is 0.761. The van der Waals surface area contributed by atoms with Gasteiger partial charge in [-0.2, -0.15) is 13.2 Å². The third-order valence-electron chi connectivity index (χ3n) is 2.64. The molecule has 0 bridgehead atoms. The molecule has 0 radical (unpaired) electrons. The van der Waals surface area contributed by atoms with Crippen molar-refractivity contribution in [1.82, 2.24) is 10.2 Å². The molecule has 0 spiro atoms. The Morgan fingerprint density at radius 3 is 2.64 bits per heavy atom. The molecule has 1 rings (SSSR count). The third kappa shape index (κ3) is 4.28. The Kier molecular flexibility index (Phi) is 4.19. The Hall–Kier alpha value is -0.290. The lowest BCUT2D eigenvalue weighted by atomic mass is 10.1. The molecule has 0 aromatic rings. The van der Waals surface area contributed by atoms with Gasteiger partial charge in [-0.25, -0.2) is 0 Å². The number of halogens is 3. The van der Waals surface area contributed by atoms with Gasteiger partial charge in [-0.05, 0) is 26.4 Å². The van der Waals surface area contributed by atoms with Gasteiger partial charge in [-0.3, -0.25) is 0 Å². The van der Waals surface area contributed by atoms with Crippen molar-refractivity contribution >= 4 is 0 Å². The van der Waals surface area contributed by atoms with Gasteiger partial charge < -0.3 is 10.2 Å². The summed E-state index contributed by atoms with van der Waals surface area (Å²) >= 11 is 0. The van der Waals surface area contributed by atoms with Crippen LogP contribution >= 0.6 is 0 Å². The summed E-state index contributed by atoms with van der Waals surface area (Å²) < 4.78 is 35.8. The number of piperidine rings is 1. The van der Waals surface area contributed by atoms with E-state index in [4.69, 9.17) is 0 Å². The van der Waals surface area contributed by atoms with Crippen molar-refractivity contribution in [1.29, 1.82) is 0 Å². The Morgan fingerprint density at radius 1 is 1.43 bits per heavy atom. The SMILES string of the molecule is CN(CCC(F)(F)F)C1CCCNC1. The number of nitrogens with zero attached hydrogens (tertiary/aromatic N) is 1. The topological polar surface area (TPSA) is 15.3 Å². The van der Waals surface area contributed by atoms with Crippen LogP contribution in [-0.4, -0.2) is 43.8 Å². The molecule has 2 nitrogen and oxygen atoms in total. The summed E-state index contributed by atoms with van der Waals surface area (Å²) in [6.45, 7) is 1.91. The number of alkyl halides is 3. The zero-order valence-corrected chi connectivity index (χ0v) is 8.40. The van der Waals surface area contributed by atoms with E-state index in [0.717, 1.165) is 25.9 Å². The van der Waals surface area contributed by atoms with Crippen LogP contribution in [0.2, 0.25) is 0 Å². The molecule has 1 heterocycles. The van der Waals surface area contributed by atoms with E-state index in [0.29, 0.717) is 0 Å². The molecule has 1 atom stereocenters. The second-order valence-electron chi connectivity index (χ2n) is 3.85. The molecular formula is C9H17F3N2. The molecule has 0 aliphatic carbocycles. The average molecular weight is 210 g/mol. The van der Waals surface area contributed by atoms with Crippen LogP contribution in [0.1, 0.15) is 19.3 Å². The van der Waals surface area contributed by atoms with Gasteiger partial charge in [0.1, 0.15) is 0 Å². The first-order valence-electron chi connectivity index (χ1n) is 4.97. The molecule has 0 aromatic heterocycles. The summed E-state index contributed by atoms with van der Waals surface area (Å²) in [5.74, 6) is 0. The number of nitrogens with one attached hydrogen (secondary N) is 1. The van der Waals surface area contributed by atoms with E-state index in [2.05, 4.69) is 5.32 Å². The lowest BCUT2D eigenvalue weighted by molar-refractivity contribution is -0.138. The van der Waals surface area contributed by atoms with E-state index in [1.54, 1.807) is 11.9 Å². The molecule has 0 amide bonds. The van der Waals surface area contributed by atoms with Crippen LogP contribution in [0.15, 0.2) is 0 Å². The van der Waals surface area contributed by atoms with Crippen molar-refractivity contribution in [3.8, 4) is 0 Å². The van der Waals surface area contributed by atoms with Crippen LogP contribution in [0.25, 0.3) is 0 Å². The van der Waals surface area contributed by atoms with Crippen LogP contribution in [0.4, 0.5) is 13.2 Å². The van der Waals surface area contributed by atoms with Gasteiger partial charge in [0.15, 0.2) is 0 Å². The Bertz CT molecular complexity index is 164. The monoisotopic (exact) mass is 210 g/mol. The van der Waals surface area contributed by atoms with E-state index >= 15 is 0 Å². The van der Waals surface area contributed by atoms with Gasteiger partial charge in [0.05, 0.1) is 6.42 Å². The standard InChI is InChI=1S/C9H17F3N2/c1-14(6-4-9(10,11)12)8-3-2-5-13-7-8/h8,13H,2-7H2,1H3. The van der Waals surface area contributed by atoms with Crippen LogP contribution < -0.4 is 5.32 Å². The molecule has 1 saturated heterocycles. The van der Waals surface area contributed by atoms with Crippen LogP contribution in [0.5, 0.6) is 0 Å². The lowest BCUT2D eigenvalue weighted by Crippen LogP contribution is -2.45. The van der Waals surface area contributed by atoms with Crippen LogP contribution in [-0.2, 0) is 0 Å². The second-order valence-corrected chi connectivity index (χ2v) is 3.85. The van der Waals surface area contributed by atoms with Crippen LogP contribution in [0, 0.1) is 0 Å². The van der Waals surface area contributed by atoms with Gasteiger partial charge in [-0.15, -0.1) is 0 Å². The minimum absolute atomic E-state index is 0.107. The van der Waals surface area contributed by atoms with E-state index in [-0.39, 0.29) is 12.6 Å². The normalized spacial score (nSPS) is 24.2. The largest absolute Gasteiger partial charge is 0.390 e. The summed E-state index contributed by atoms with van der Waals surface area (Å²) in [6, 6.07) is 0.270. The van der Waals surface area contributed by atoms with Crippen molar-refractivity contribution in [3.05, 3.63) is 0 Å². The maximum Gasteiger partial charge on any atom is 0.390 e. The molecule has 1 fully saturated rings. The Labute approximate surface area is 82.5 Å². The zero-order chi connectivity index (χ0) is 10.6. The van der Waals surface area contributed by atoms with Gasteiger partial charge in [0.25, 0.3) is 0 Å². The summed E-state index contributed by atoms with van der Waals surface area (Å²) in [4.78, 5) is 1.81. The van der Waals surface area contributed by atoms with Crippen molar-refractivity contribution in [2.24, 2.45) is 0 Å². The molecule has 84 valence electrons. The number of hydrogen-bond acceptors (Lipinski definition) is 2. The first-order chi connectivity index (χ1) is 6.49. The smallest absolute Gasteiger partial charge is 0.315 e. The molecule has 0 aromatic carbocycles. The minimum atomic E-state index is -4.03. The van der Waals surface area contributed by atoms with Crippen molar-refractivity contribution in [2.45, 2.75) is 31.5 Å². The molecule has 1 aliphatic rings. The average Bonchev–Trinajstić information content (AvgIpc) is 2.14. The molecule has 1 aliphatic heterocycles. The maximum atomic E-state index is 11.9. The van der Waals surface area contributed by atoms with E-state index in [1.165, 1.54) is 0 Å². The first kappa shape index (κ1) is 11.8. The van der Waals surface area contributed by atoms with E-state index in [9.17, 15) is 13.2 Å².